The largest absolute Gasteiger partial charge is 0.368 e. The van der Waals surface area contributed by atoms with Gasteiger partial charge < -0.3 is 15.5 Å². The highest BCUT2D eigenvalue weighted by molar-refractivity contribution is 5.71. The molecular formula is C23H29N7O. The number of nitrogens with zero attached hydrogens (tertiary/aromatic N) is 5. The van der Waals surface area contributed by atoms with Gasteiger partial charge in [-0.15, -0.1) is 10.2 Å². The predicted octanol–water partition coefficient (Wildman–Crippen LogP) is 3.23. The molecule has 2 aliphatic rings. The molecule has 5 rings (SSSR count). The first-order chi connectivity index (χ1) is 15.1. The molecule has 1 aliphatic carbocycles. The van der Waals surface area contributed by atoms with Gasteiger partial charge in [-0.1, -0.05) is 12.8 Å². The second-order valence-electron chi connectivity index (χ2n) is 8.87. The third kappa shape index (κ3) is 4.12. The Kier molecular flexibility index (Phi) is 5.31. The highest BCUT2D eigenvalue weighted by atomic mass is 16.1. The van der Waals surface area contributed by atoms with Crippen LogP contribution in [0.1, 0.15) is 45.6 Å². The molecule has 1 saturated heterocycles. The maximum Gasteiger partial charge on any atom is 0.252 e. The van der Waals surface area contributed by atoms with Gasteiger partial charge in [-0.3, -0.25) is 9.36 Å². The summed E-state index contributed by atoms with van der Waals surface area (Å²) >= 11 is 0. The first kappa shape index (κ1) is 19.9. The minimum Gasteiger partial charge on any atom is -0.368 e. The molecule has 2 aromatic heterocycles. The Bertz CT molecular complexity index is 1110. The van der Waals surface area contributed by atoms with Crippen LogP contribution in [0.5, 0.6) is 0 Å². The van der Waals surface area contributed by atoms with Crippen molar-refractivity contribution in [1.82, 2.24) is 25.1 Å². The van der Waals surface area contributed by atoms with Crippen LogP contribution in [0.15, 0.2) is 41.2 Å². The van der Waals surface area contributed by atoms with E-state index in [0.717, 1.165) is 44.5 Å². The molecule has 2 fully saturated rings. The van der Waals surface area contributed by atoms with Crippen LogP contribution in [0.3, 0.4) is 0 Å². The van der Waals surface area contributed by atoms with Gasteiger partial charge in [0.2, 0.25) is 5.95 Å². The fraction of sp³-hybridized carbons (Fsp3) is 0.478. The molecule has 162 valence electrons. The number of anilines is 3. The van der Waals surface area contributed by atoms with E-state index in [-0.39, 0.29) is 11.6 Å². The van der Waals surface area contributed by atoms with E-state index < -0.39 is 0 Å². The molecule has 8 nitrogen and oxygen atoms in total. The Hall–Kier alpha value is -3.00. The van der Waals surface area contributed by atoms with Crippen molar-refractivity contribution in [2.75, 3.05) is 23.3 Å². The highest BCUT2D eigenvalue weighted by Gasteiger charge is 2.22. The molecule has 31 heavy (non-hydrogen) atoms. The van der Waals surface area contributed by atoms with Crippen LogP contribution in [0.2, 0.25) is 0 Å². The molecular weight excluding hydrogens is 390 g/mol. The number of nitrogens with one attached hydrogen (secondary N) is 2. The smallest absolute Gasteiger partial charge is 0.252 e. The summed E-state index contributed by atoms with van der Waals surface area (Å²) in [6.07, 6.45) is 4.31. The van der Waals surface area contributed by atoms with E-state index >= 15 is 0 Å². The van der Waals surface area contributed by atoms with Crippen molar-refractivity contribution in [3.05, 3.63) is 46.8 Å². The normalized spacial score (nSPS) is 22.2. The molecule has 1 aliphatic heterocycles. The van der Waals surface area contributed by atoms with Crippen molar-refractivity contribution in [3.8, 4) is 0 Å². The second kappa shape index (κ2) is 8.26. The van der Waals surface area contributed by atoms with Crippen molar-refractivity contribution in [2.24, 2.45) is 0 Å². The van der Waals surface area contributed by atoms with Crippen LogP contribution in [0.4, 0.5) is 17.3 Å². The standard InChI is InChI=1S/C23H29N7O/c1-15-13-29(14-16(2)24-15)18-9-7-17(8-10-18)25-23-26-22-20(27-28-23)11-12-21(31)30(22)19-5-3-4-6-19/h7-12,15-16,19,24H,3-6,13-14H2,1-2H3,(H,25,26,28). The van der Waals surface area contributed by atoms with Crippen LogP contribution >= 0.6 is 0 Å². The van der Waals surface area contributed by atoms with Crippen molar-refractivity contribution in [1.29, 1.82) is 0 Å². The number of benzene rings is 1. The molecule has 1 aromatic carbocycles. The van der Waals surface area contributed by atoms with Crippen molar-refractivity contribution in [3.63, 3.8) is 0 Å². The molecule has 2 atom stereocenters. The third-order valence-electron chi connectivity index (χ3n) is 6.28. The summed E-state index contributed by atoms with van der Waals surface area (Å²) in [6.45, 7) is 6.42. The summed E-state index contributed by atoms with van der Waals surface area (Å²) in [4.78, 5) is 19.6. The number of hydrogen-bond acceptors (Lipinski definition) is 7. The van der Waals surface area contributed by atoms with Gasteiger partial charge in [0, 0.05) is 48.7 Å². The second-order valence-corrected chi connectivity index (χ2v) is 8.87. The lowest BCUT2D eigenvalue weighted by molar-refractivity contribution is 0.407. The van der Waals surface area contributed by atoms with E-state index in [2.05, 4.69) is 56.7 Å². The molecule has 1 saturated carbocycles. The Balaban J connectivity index is 1.39. The van der Waals surface area contributed by atoms with Crippen LogP contribution in [-0.4, -0.2) is 44.9 Å². The van der Waals surface area contributed by atoms with E-state index in [9.17, 15) is 4.79 Å². The lowest BCUT2D eigenvalue weighted by Gasteiger charge is -2.37. The molecule has 8 heteroatoms. The molecule has 3 heterocycles. The van der Waals surface area contributed by atoms with Crippen molar-refractivity contribution >= 4 is 28.5 Å². The minimum atomic E-state index is -0.0188. The van der Waals surface area contributed by atoms with Crippen molar-refractivity contribution in [2.45, 2.75) is 57.7 Å². The van der Waals surface area contributed by atoms with Crippen LogP contribution < -0.4 is 21.1 Å². The van der Waals surface area contributed by atoms with Crippen molar-refractivity contribution < 1.29 is 0 Å². The maximum atomic E-state index is 12.6. The number of pyridine rings is 1. The van der Waals surface area contributed by atoms with E-state index in [1.165, 1.54) is 5.69 Å². The molecule has 0 bridgehead atoms. The Labute approximate surface area is 181 Å². The summed E-state index contributed by atoms with van der Waals surface area (Å²) in [7, 11) is 0. The fourth-order valence-electron chi connectivity index (χ4n) is 4.94. The Morgan fingerprint density at radius 3 is 2.39 bits per heavy atom. The maximum absolute atomic E-state index is 12.6. The third-order valence-corrected chi connectivity index (χ3v) is 6.28. The summed E-state index contributed by atoms with van der Waals surface area (Å²) in [5.74, 6) is 0.405. The number of piperazine rings is 1. The monoisotopic (exact) mass is 419 g/mol. The topological polar surface area (TPSA) is 88.0 Å². The quantitative estimate of drug-likeness (QED) is 0.671. The Morgan fingerprint density at radius 2 is 1.68 bits per heavy atom. The van der Waals surface area contributed by atoms with Gasteiger partial charge in [-0.2, -0.15) is 4.98 Å². The molecule has 0 radical (unpaired) electrons. The fourth-order valence-corrected chi connectivity index (χ4v) is 4.94. The first-order valence-electron chi connectivity index (χ1n) is 11.2. The van der Waals surface area contributed by atoms with Gasteiger partial charge in [0.15, 0.2) is 5.65 Å². The SMILES string of the molecule is CC1CN(c2ccc(Nc3nnc4ccc(=O)n(C5CCCC5)c4n3)cc2)CC(C)N1. The van der Waals surface area contributed by atoms with Gasteiger partial charge in [-0.05, 0) is 57.0 Å². The van der Waals surface area contributed by atoms with Crippen LogP contribution in [0.25, 0.3) is 11.2 Å². The lowest BCUT2D eigenvalue weighted by atomic mass is 10.1. The van der Waals surface area contributed by atoms with E-state index in [1.807, 2.05) is 12.1 Å². The van der Waals surface area contributed by atoms with Crippen LogP contribution in [0, 0.1) is 0 Å². The number of hydrogen-bond donors (Lipinski definition) is 2. The Morgan fingerprint density at radius 1 is 0.968 bits per heavy atom. The molecule has 0 spiro atoms. The van der Waals surface area contributed by atoms with Gasteiger partial charge in [0.1, 0.15) is 5.52 Å². The minimum absolute atomic E-state index is 0.0188. The summed E-state index contributed by atoms with van der Waals surface area (Å²) in [5, 5.41) is 15.3. The number of rotatable bonds is 4. The van der Waals surface area contributed by atoms with E-state index in [0.29, 0.717) is 29.2 Å². The van der Waals surface area contributed by atoms with Gasteiger partial charge in [-0.25, -0.2) is 0 Å². The van der Waals surface area contributed by atoms with Crippen LogP contribution in [-0.2, 0) is 0 Å². The molecule has 2 unspecified atom stereocenters. The summed E-state index contributed by atoms with van der Waals surface area (Å²) in [5.41, 5.74) is 3.34. The predicted molar refractivity (Wildman–Crippen MR) is 123 cm³/mol. The lowest BCUT2D eigenvalue weighted by Crippen LogP contribution is -2.54. The zero-order valence-corrected chi connectivity index (χ0v) is 18.1. The first-order valence-corrected chi connectivity index (χ1v) is 11.2. The molecule has 3 aromatic rings. The number of aromatic nitrogens is 4. The summed E-state index contributed by atoms with van der Waals surface area (Å²) < 4.78 is 1.80. The zero-order valence-electron chi connectivity index (χ0n) is 18.1. The highest BCUT2D eigenvalue weighted by Crippen LogP contribution is 2.30. The average molecular weight is 420 g/mol. The number of fused-ring (bicyclic) bond motifs is 1. The van der Waals surface area contributed by atoms with Gasteiger partial charge >= 0.3 is 0 Å². The van der Waals surface area contributed by atoms with Gasteiger partial charge in [0.05, 0.1) is 0 Å². The van der Waals surface area contributed by atoms with E-state index in [1.54, 1.807) is 16.7 Å². The van der Waals surface area contributed by atoms with Gasteiger partial charge in [0.25, 0.3) is 5.56 Å². The average Bonchev–Trinajstić information content (AvgIpc) is 3.28. The molecule has 0 amide bonds. The molecule has 2 N–H and O–H groups in total. The summed E-state index contributed by atoms with van der Waals surface area (Å²) in [6, 6.07) is 12.7. The zero-order chi connectivity index (χ0) is 21.4. The van der Waals surface area contributed by atoms with E-state index in [4.69, 9.17) is 0 Å².